The smallest absolute Gasteiger partial charge is 0.159 e. The summed E-state index contributed by atoms with van der Waals surface area (Å²) < 4.78 is 36.9. The Labute approximate surface area is 120 Å². The summed E-state index contributed by atoms with van der Waals surface area (Å²) in [5, 5.41) is 3.94. The maximum atomic E-state index is 13.2. The molecule has 2 bridgehead atoms. The van der Waals surface area contributed by atoms with E-state index < -0.39 is 11.6 Å². The van der Waals surface area contributed by atoms with Gasteiger partial charge in [0.1, 0.15) is 5.69 Å². The van der Waals surface area contributed by atoms with E-state index in [-0.39, 0.29) is 0 Å². The number of fused-ring (bicyclic) bond motifs is 2. The second-order valence-corrected chi connectivity index (χ2v) is 5.56. The van der Waals surface area contributed by atoms with Crippen molar-refractivity contribution in [2.24, 2.45) is 0 Å². The topological polar surface area (TPSA) is 38.5 Å². The van der Waals surface area contributed by atoms with Crippen molar-refractivity contribution >= 4 is 0 Å². The minimum Gasteiger partial charge on any atom is -0.378 e. The molecular formula is C15H14F2N2O2. The van der Waals surface area contributed by atoms with Crippen LogP contribution in [0.15, 0.2) is 28.8 Å². The van der Waals surface area contributed by atoms with Crippen molar-refractivity contribution in [1.82, 2.24) is 10.1 Å². The number of halogens is 2. The van der Waals surface area contributed by atoms with E-state index in [0.29, 0.717) is 29.9 Å². The molecule has 4 rings (SSSR count). The molecule has 0 N–H and O–H groups in total. The fraction of sp³-hybridized carbons (Fsp3) is 0.400. The minimum atomic E-state index is -0.883. The van der Waals surface area contributed by atoms with Crippen LogP contribution in [0.4, 0.5) is 8.78 Å². The number of rotatable bonds is 3. The highest BCUT2D eigenvalue weighted by Gasteiger charge is 2.42. The first-order valence-electron chi connectivity index (χ1n) is 6.95. The number of hydrogen-bond donors (Lipinski definition) is 0. The number of hydrogen-bond acceptors (Lipinski definition) is 4. The molecule has 0 amide bonds. The van der Waals surface area contributed by atoms with E-state index in [4.69, 9.17) is 9.26 Å². The highest BCUT2D eigenvalue weighted by atomic mass is 19.2. The third-order valence-corrected chi connectivity index (χ3v) is 4.22. The summed E-state index contributed by atoms with van der Waals surface area (Å²) in [7, 11) is 0. The van der Waals surface area contributed by atoms with Crippen LogP contribution >= 0.6 is 0 Å². The summed E-state index contributed by atoms with van der Waals surface area (Å²) in [5.74, 6) is -1.02. The van der Waals surface area contributed by atoms with Crippen LogP contribution in [-0.4, -0.2) is 35.4 Å². The molecule has 2 aliphatic rings. The van der Waals surface area contributed by atoms with Crippen LogP contribution in [0.3, 0.4) is 0 Å². The van der Waals surface area contributed by atoms with Crippen LogP contribution in [-0.2, 0) is 11.3 Å². The predicted octanol–water partition coefficient (Wildman–Crippen LogP) is 2.59. The number of morpholine rings is 1. The predicted molar refractivity (Wildman–Crippen MR) is 70.4 cm³/mol. The second kappa shape index (κ2) is 4.89. The van der Waals surface area contributed by atoms with Crippen molar-refractivity contribution in [3.8, 4) is 11.3 Å². The molecule has 2 fully saturated rings. The van der Waals surface area contributed by atoms with Gasteiger partial charge in [-0.3, -0.25) is 4.90 Å². The van der Waals surface area contributed by atoms with Crippen molar-refractivity contribution in [1.29, 1.82) is 0 Å². The first-order chi connectivity index (χ1) is 10.2. The van der Waals surface area contributed by atoms with E-state index in [2.05, 4.69) is 10.1 Å². The van der Waals surface area contributed by atoms with E-state index in [1.807, 2.05) is 0 Å². The van der Waals surface area contributed by atoms with E-state index in [9.17, 15) is 8.78 Å². The Morgan fingerprint density at radius 2 is 1.95 bits per heavy atom. The zero-order valence-electron chi connectivity index (χ0n) is 11.3. The molecule has 2 aliphatic heterocycles. The normalized spacial score (nSPS) is 24.9. The van der Waals surface area contributed by atoms with Crippen molar-refractivity contribution in [2.75, 3.05) is 13.2 Å². The van der Waals surface area contributed by atoms with E-state index in [1.54, 1.807) is 6.07 Å². The van der Waals surface area contributed by atoms with Gasteiger partial charge in [-0.05, 0) is 24.6 Å². The van der Waals surface area contributed by atoms with Crippen LogP contribution in [0.5, 0.6) is 0 Å². The lowest BCUT2D eigenvalue weighted by Crippen LogP contribution is -2.62. The molecular weight excluding hydrogens is 278 g/mol. The Morgan fingerprint density at radius 1 is 1.14 bits per heavy atom. The fourth-order valence-corrected chi connectivity index (χ4v) is 3.03. The van der Waals surface area contributed by atoms with Gasteiger partial charge >= 0.3 is 0 Å². The average Bonchev–Trinajstić information content (AvgIpc) is 2.97. The summed E-state index contributed by atoms with van der Waals surface area (Å²) in [4.78, 5) is 2.33. The molecule has 2 atom stereocenters. The van der Waals surface area contributed by atoms with Gasteiger partial charge in [-0.15, -0.1) is 0 Å². The van der Waals surface area contributed by atoms with E-state index in [1.165, 1.54) is 12.5 Å². The van der Waals surface area contributed by atoms with Crippen LogP contribution in [0.25, 0.3) is 11.3 Å². The van der Waals surface area contributed by atoms with Crippen LogP contribution in [0.2, 0.25) is 0 Å². The van der Waals surface area contributed by atoms with E-state index >= 15 is 0 Å². The first kappa shape index (κ1) is 12.9. The van der Waals surface area contributed by atoms with Gasteiger partial charge in [-0.1, -0.05) is 5.16 Å². The largest absolute Gasteiger partial charge is 0.378 e. The molecule has 0 radical (unpaired) electrons. The molecule has 110 valence electrons. The maximum absolute atomic E-state index is 13.2. The van der Waals surface area contributed by atoms with Gasteiger partial charge in [0.15, 0.2) is 17.4 Å². The molecule has 0 saturated carbocycles. The van der Waals surface area contributed by atoms with Crippen LogP contribution in [0.1, 0.15) is 12.2 Å². The van der Waals surface area contributed by atoms with Gasteiger partial charge < -0.3 is 9.26 Å². The standard InChI is InChI=1S/C15H14F2N2O2/c16-13-2-1-9(3-14(13)17)15-5-12(21-18-15)6-19-10-4-11(19)8-20-7-10/h1-3,5,10-11H,4,6-8H2. The Bertz CT molecular complexity index is 659. The molecule has 6 heteroatoms. The average molecular weight is 292 g/mol. The Balaban J connectivity index is 1.51. The van der Waals surface area contributed by atoms with Gasteiger partial charge in [0.2, 0.25) is 0 Å². The number of ether oxygens (including phenoxy) is 1. The Hall–Kier alpha value is -1.79. The van der Waals surface area contributed by atoms with Gasteiger partial charge in [-0.2, -0.15) is 0 Å². The molecule has 3 heterocycles. The summed E-state index contributed by atoms with van der Waals surface area (Å²) >= 11 is 0. The summed E-state index contributed by atoms with van der Waals surface area (Å²) in [5.41, 5.74) is 1.03. The maximum Gasteiger partial charge on any atom is 0.159 e. The zero-order chi connectivity index (χ0) is 14.4. The van der Waals surface area contributed by atoms with Crippen molar-refractivity contribution < 1.29 is 18.0 Å². The quantitative estimate of drug-likeness (QED) is 0.871. The van der Waals surface area contributed by atoms with Gasteiger partial charge in [0.25, 0.3) is 0 Å². The summed E-state index contributed by atoms with van der Waals surface area (Å²) in [6, 6.07) is 6.41. The van der Waals surface area contributed by atoms with Crippen molar-refractivity contribution in [2.45, 2.75) is 25.0 Å². The monoisotopic (exact) mass is 292 g/mol. The third-order valence-electron chi connectivity index (χ3n) is 4.22. The van der Waals surface area contributed by atoms with Crippen LogP contribution in [0, 0.1) is 11.6 Å². The van der Waals surface area contributed by atoms with E-state index in [0.717, 1.165) is 31.1 Å². The number of nitrogens with zero attached hydrogens (tertiary/aromatic N) is 2. The lowest BCUT2D eigenvalue weighted by molar-refractivity contribution is -0.134. The lowest BCUT2D eigenvalue weighted by atomic mass is 9.91. The molecule has 0 spiro atoms. The Kier molecular flexibility index (Phi) is 3.01. The molecule has 2 unspecified atom stereocenters. The Morgan fingerprint density at radius 3 is 2.67 bits per heavy atom. The second-order valence-electron chi connectivity index (χ2n) is 5.56. The molecule has 1 aromatic carbocycles. The van der Waals surface area contributed by atoms with Crippen LogP contribution < -0.4 is 0 Å². The van der Waals surface area contributed by atoms with Gasteiger partial charge in [-0.25, -0.2) is 8.78 Å². The summed E-state index contributed by atoms with van der Waals surface area (Å²) in [6.45, 7) is 2.21. The SMILES string of the molecule is Fc1ccc(-c2cc(CN3C4COCC3C4)on2)cc1F. The molecule has 4 nitrogen and oxygen atoms in total. The fourth-order valence-electron chi connectivity index (χ4n) is 3.03. The highest BCUT2D eigenvalue weighted by molar-refractivity contribution is 5.58. The molecule has 2 aromatic rings. The van der Waals surface area contributed by atoms with Crippen molar-refractivity contribution in [3.63, 3.8) is 0 Å². The molecule has 2 saturated heterocycles. The van der Waals surface area contributed by atoms with Gasteiger partial charge in [0, 0.05) is 23.7 Å². The minimum absolute atomic E-state index is 0.459. The highest BCUT2D eigenvalue weighted by Crippen LogP contribution is 2.33. The third kappa shape index (κ3) is 2.24. The van der Waals surface area contributed by atoms with Crippen molar-refractivity contribution in [3.05, 3.63) is 41.7 Å². The van der Waals surface area contributed by atoms with Gasteiger partial charge in [0.05, 0.1) is 19.8 Å². The number of benzene rings is 1. The zero-order valence-corrected chi connectivity index (χ0v) is 11.3. The summed E-state index contributed by atoms with van der Waals surface area (Å²) in [6.07, 6.45) is 1.17. The molecule has 0 aliphatic carbocycles. The lowest BCUT2D eigenvalue weighted by Gasteiger charge is -2.51. The molecule has 21 heavy (non-hydrogen) atoms. The number of aromatic nitrogens is 1. The first-order valence-corrected chi connectivity index (χ1v) is 6.95. The molecule has 1 aromatic heterocycles.